The number of ether oxygens (including phenoxy) is 2. The third-order valence-corrected chi connectivity index (χ3v) is 2.66. The van der Waals surface area contributed by atoms with Gasteiger partial charge in [0.25, 0.3) is 0 Å². The second kappa shape index (κ2) is 5.30. The minimum atomic E-state index is 0.119. The molecule has 1 aliphatic heterocycles. The summed E-state index contributed by atoms with van der Waals surface area (Å²) in [5.74, 6) is 0.975. The molecule has 0 amide bonds. The van der Waals surface area contributed by atoms with E-state index in [2.05, 4.69) is 5.32 Å². The number of likely N-dealkylation sites (N-methyl/N-ethyl adjacent to an activating group) is 1. The summed E-state index contributed by atoms with van der Waals surface area (Å²) in [6, 6.07) is 4.13. The Labute approximate surface area is 89.6 Å². The third kappa shape index (κ3) is 2.81. The van der Waals surface area contributed by atoms with E-state index in [0.29, 0.717) is 19.8 Å². The average Bonchev–Trinajstić information content (AvgIpc) is 2.80. The molecule has 1 aromatic rings. The minimum absolute atomic E-state index is 0.119. The Morgan fingerprint density at radius 3 is 3.07 bits per heavy atom. The fraction of sp³-hybridized carbons (Fsp3) is 0.636. The normalized spacial score (nSPS) is 23.9. The zero-order valence-corrected chi connectivity index (χ0v) is 8.94. The topological polar surface area (TPSA) is 43.6 Å². The molecule has 4 heteroatoms. The van der Waals surface area contributed by atoms with Gasteiger partial charge in [0, 0.05) is 12.5 Å². The van der Waals surface area contributed by atoms with Crippen LogP contribution in [-0.2, 0) is 15.9 Å². The molecule has 0 spiro atoms. The first-order chi connectivity index (χ1) is 7.40. The maximum Gasteiger partial charge on any atom is 0.105 e. The maximum atomic E-state index is 5.65. The summed E-state index contributed by atoms with van der Waals surface area (Å²) in [6.07, 6.45) is 2.64. The van der Waals surface area contributed by atoms with Crippen molar-refractivity contribution in [3.05, 3.63) is 24.2 Å². The van der Waals surface area contributed by atoms with Gasteiger partial charge < -0.3 is 19.2 Å². The van der Waals surface area contributed by atoms with Crippen molar-refractivity contribution in [1.29, 1.82) is 0 Å². The van der Waals surface area contributed by atoms with E-state index in [9.17, 15) is 0 Å². The van der Waals surface area contributed by atoms with Gasteiger partial charge in [-0.15, -0.1) is 0 Å². The zero-order chi connectivity index (χ0) is 10.5. The predicted molar refractivity (Wildman–Crippen MR) is 55.8 cm³/mol. The van der Waals surface area contributed by atoms with Gasteiger partial charge in [0.15, 0.2) is 0 Å². The van der Waals surface area contributed by atoms with Crippen molar-refractivity contribution < 1.29 is 13.9 Å². The van der Waals surface area contributed by atoms with Gasteiger partial charge in [-0.25, -0.2) is 0 Å². The minimum Gasteiger partial charge on any atom is -0.469 e. The van der Waals surface area contributed by atoms with Crippen LogP contribution in [0.5, 0.6) is 0 Å². The van der Waals surface area contributed by atoms with E-state index < -0.39 is 0 Å². The van der Waals surface area contributed by atoms with Gasteiger partial charge in [-0.1, -0.05) is 0 Å². The van der Waals surface area contributed by atoms with Gasteiger partial charge in [-0.05, 0) is 19.2 Å². The molecule has 4 nitrogen and oxygen atoms in total. The molecule has 1 aliphatic rings. The summed E-state index contributed by atoms with van der Waals surface area (Å²) in [6.45, 7) is 2.04. The third-order valence-electron chi connectivity index (χ3n) is 2.66. The largest absolute Gasteiger partial charge is 0.469 e. The molecule has 15 heavy (non-hydrogen) atoms. The second-order valence-corrected chi connectivity index (χ2v) is 3.66. The summed E-state index contributed by atoms with van der Waals surface area (Å²) in [7, 11) is 1.94. The van der Waals surface area contributed by atoms with Gasteiger partial charge in [0.05, 0.1) is 32.2 Å². The Morgan fingerprint density at radius 2 is 2.47 bits per heavy atom. The molecule has 1 fully saturated rings. The molecule has 1 N–H and O–H groups in total. The number of rotatable bonds is 4. The first kappa shape index (κ1) is 10.7. The molecule has 0 aliphatic carbocycles. The molecule has 0 radical (unpaired) electrons. The van der Waals surface area contributed by atoms with Crippen molar-refractivity contribution in [2.75, 3.05) is 26.9 Å². The van der Waals surface area contributed by atoms with Crippen LogP contribution >= 0.6 is 0 Å². The smallest absolute Gasteiger partial charge is 0.105 e. The summed E-state index contributed by atoms with van der Waals surface area (Å²) in [5.41, 5.74) is 0. The summed E-state index contributed by atoms with van der Waals surface area (Å²) < 4.78 is 16.4. The van der Waals surface area contributed by atoms with Crippen molar-refractivity contribution in [3.8, 4) is 0 Å². The van der Waals surface area contributed by atoms with Crippen LogP contribution in [0.3, 0.4) is 0 Å². The van der Waals surface area contributed by atoms with E-state index in [1.807, 2.05) is 19.2 Å². The maximum absolute atomic E-state index is 5.65. The summed E-state index contributed by atoms with van der Waals surface area (Å²) >= 11 is 0. The molecule has 0 aromatic carbocycles. The highest BCUT2D eigenvalue weighted by atomic mass is 16.6. The Kier molecular flexibility index (Phi) is 3.77. The van der Waals surface area contributed by atoms with Crippen molar-refractivity contribution >= 4 is 0 Å². The van der Waals surface area contributed by atoms with Crippen molar-refractivity contribution in [2.24, 2.45) is 0 Å². The predicted octanol–water partition coefficient (Wildman–Crippen LogP) is 0.825. The molecule has 2 atom stereocenters. The number of furan rings is 1. The molecular formula is C11H17NO3. The molecule has 2 rings (SSSR count). The lowest BCUT2D eigenvalue weighted by Crippen LogP contribution is -2.46. The Bertz CT molecular complexity index is 267. The summed E-state index contributed by atoms with van der Waals surface area (Å²) in [5, 5.41) is 3.25. The van der Waals surface area contributed by atoms with Gasteiger partial charge >= 0.3 is 0 Å². The highest BCUT2D eigenvalue weighted by Gasteiger charge is 2.24. The monoisotopic (exact) mass is 211 g/mol. The Hall–Kier alpha value is -0.840. The van der Waals surface area contributed by atoms with E-state index in [-0.39, 0.29) is 12.1 Å². The van der Waals surface area contributed by atoms with Crippen LogP contribution in [0.25, 0.3) is 0 Å². The summed E-state index contributed by atoms with van der Waals surface area (Å²) in [4.78, 5) is 0. The lowest BCUT2D eigenvalue weighted by atomic mass is 10.1. The fourth-order valence-electron chi connectivity index (χ4n) is 1.80. The SMILES string of the molecule is CNC(Cc1ccco1)C1COCCO1. The van der Waals surface area contributed by atoms with Gasteiger partial charge in [0.1, 0.15) is 5.76 Å². The first-order valence-electron chi connectivity index (χ1n) is 5.29. The Morgan fingerprint density at radius 1 is 1.53 bits per heavy atom. The number of nitrogens with one attached hydrogen (secondary N) is 1. The highest BCUT2D eigenvalue weighted by Crippen LogP contribution is 2.11. The van der Waals surface area contributed by atoms with Crippen LogP contribution < -0.4 is 5.32 Å². The van der Waals surface area contributed by atoms with E-state index in [0.717, 1.165) is 12.2 Å². The van der Waals surface area contributed by atoms with Crippen molar-refractivity contribution in [1.82, 2.24) is 5.32 Å². The van der Waals surface area contributed by atoms with Gasteiger partial charge in [-0.3, -0.25) is 0 Å². The number of hydrogen-bond donors (Lipinski definition) is 1. The van der Waals surface area contributed by atoms with E-state index in [1.54, 1.807) is 6.26 Å². The molecule has 2 unspecified atom stereocenters. The van der Waals surface area contributed by atoms with Crippen LogP contribution in [0.4, 0.5) is 0 Å². The molecule has 0 saturated carbocycles. The lowest BCUT2D eigenvalue weighted by molar-refractivity contribution is -0.101. The van der Waals surface area contributed by atoms with Gasteiger partial charge in [0.2, 0.25) is 0 Å². The van der Waals surface area contributed by atoms with E-state index in [4.69, 9.17) is 13.9 Å². The van der Waals surface area contributed by atoms with Crippen molar-refractivity contribution in [2.45, 2.75) is 18.6 Å². The fourth-order valence-corrected chi connectivity index (χ4v) is 1.80. The average molecular weight is 211 g/mol. The van der Waals surface area contributed by atoms with Gasteiger partial charge in [-0.2, -0.15) is 0 Å². The molecule has 2 heterocycles. The number of hydrogen-bond acceptors (Lipinski definition) is 4. The van der Waals surface area contributed by atoms with Crippen molar-refractivity contribution in [3.63, 3.8) is 0 Å². The van der Waals surface area contributed by atoms with Crippen LogP contribution in [-0.4, -0.2) is 39.0 Å². The molecule has 84 valence electrons. The first-order valence-corrected chi connectivity index (χ1v) is 5.29. The van der Waals surface area contributed by atoms with E-state index in [1.165, 1.54) is 0 Å². The standard InChI is InChI=1S/C11H17NO3/c1-12-10(7-9-3-2-4-14-9)11-8-13-5-6-15-11/h2-4,10-12H,5-8H2,1H3. The quantitative estimate of drug-likeness (QED) is 0.801. The lowest BCUT2D eigenvalue weighted by Gasteiger charge is -2.29. The Balaban J connectivity index is 1.91. The van der Waals surface area contributed by atoms with Crippen LogP contribution in [0.2, 0.25) is 0 Å². The zero-order valence-electron chi connectivity index (χ0n) is 8.94. The van der Waals surface area contributed by atoms with Crippen LogP contribution in [0.15, 0.2) is 22.8 Å². The van der Waals surface area contributed by atoms with Crippen LogP contribution in [0, 0.1) is 0 Å². The molecule has 1 saturated heterocycles. The second-order valence-electron chi connectivity index (χ2n) is 3.66. The van der Waals surface area contributed by atoms with E-state index >= 15 is 0 Å². The molecular weight excluding hydrogens is 194 g/mol. The molecule has 0 bridgehead atoms. The highest BCUT2D eigenvalue weighted by molar-refractivity contribution is 5.01. The van der Waals surface area contributed by atoms with Crippen LogP contribution in [0.1, 0.15) is 5.76 Å². The molecule has 1 aromatic heterocycles.